The van der Waals surface area contributed by atoms with Gasteiger partial charge in [0.15, 0.2) is 0 Å². The molecule has 0 spiro atoms. The molecule has 0 fully saturated rings. The lowest BCUT2D eigenvalue weighted by Crippen LogP contribution is -1.97. The van der Waals surface area contributed by atoms with E-state index in [1.54, 1.807) is 12.2 Å². The molecule has 9 heteroatoms. The van der Waals surface area contributed by atoms with E-state index in [1.165, 1.54) is 23.5 Å². The van der Waals surface area contributed by atoms with Gasteiger partial charge in [-0.1, -0.05) is 107 Å². The maximum Gasteiger partial charge on any atom is 0.584 e. The number of hydrogen-bond donors (Lipinski definition) is 1. The van der Waals surface area contributed by atoms with E-state index in [-0.39, 0.29) is 11.5 Å². The Kier molecular flexibility index (Phi) is 6.66. The summed E-state index contributed by atoms with van der Waals surface area (Å²) in [5.74, 6) is 0.436. The number of hydrogen-bond acceptors (Lipinski definition) is 5. The molecule has 0 amide bonds. The fraction of sp³-hybridized carbons (Fsp3) is 0. The summed E-state index contributed by atoms with van der Waals surface area (Å²) in [5.41, 5.74) is 2.89. The summed E-state index contributed by atoms with van der Waals surface area (Å²) in [6, 6.07) is 26.0. The van der Waals surface area contributed by atoms with Crippen LogP contribution in [-0.2, 0) is 13.6 Å². The first-order valence-corrected chi connectivity index (χ1v) is 15.0. The first kappa shape index (κ1) is 24.7. The summed E-state index contributed by atoms with van der Waals surface area (Å²) < 4.78 is 25.1. The van der Waals surface area contributed by atoms with Crippen LogP contribution >= 0.6 is 54.5 Å². The van der Waals surface area contributed by atoms with Crippen LogP contribution in [0.2, 0.25) is 10.0 Å². The van der Waals surface area contributed by atoms with Crippen molar-refractivity contribution in [2.45, 2.75) is 19.6 Å². The lowest BCUT2D eigenvalue weighted by molar-refractivity contribution is 0.264. The van der Waals surface area contributed by atoms with Gasteiger partial charge in [0.05, 0.1) is 10.0 Å². The minimum absolute atomic E-state index is 0.218. The molecule has 184 valence electrons. The molecule has 1 N–H and O–H groups in total. The predicted octanol–water partition coefficient (Wildman–Crippen LogP) is 9.75. The van der Waals surface area contributed by atoms with Crippen molar-refractivity contribution in [3.05, 3.63) is 117 Å². The van der Waals surface area contributed by atoms with Gasteiger partial charge < -0.3 is 9.05 Å². The molecule has 4 nitrogen and oxygen atoms in total. The zero-order chi connectivity index (χ0) is 25.6. The van der Waals surface area contributed by atoms with E-state index in [9.17, 15) is 9.46 Å². The van der Waals surface area contributed by atoms with Gasteiger partial charge in [0.25, 0.3) is 0 Å². The lowest BCUT2D eigenvalue weighted by atomic mass is 10.1. The van der Waals surface area contributed by atoms with Crippen molar-refractivity contribution in [3.8, 4) is 0 Å². The summed E-state index contributed by atoms with van der Waals surface area (Å²) >= 11 is 15.9. The summed E-state index contributed by atoms with van der Waals surface area (Å²) in [7, 11) is -4.65. The van der Waals surface area contributed by atoms with Gasteiger partial charge in [0.1, 0.15) is 11.5 Å². The average Bonchev–Trinajstić information content (AvgIpc) is 3.13. The molecule has 0 aromatic heterocycles. The second-order valence-electron chi connectivity index (χ2n) is 8.18. The zero-order valence-corrected chi connectivity index (χ0v) is 23.0. The van der Waals surface area contributed by atoms with E-state index in [0.717, 1.165) is 30.7 Å². The summed E-state index contributed by atoms with van der Waals surface area (Å²) in [4.78, 5) is 14.4. The van der Waals surface area contributed by atoms with Crippen molar-refractivity contribution >= 4 is 78.2 Å². The number of halogens is 2. The molecule has 37 heavy (non-hydrogen) atoms. The third-order valence-corrected chi connectivity index (χ3v) is 9.90. The number of benzene rings is 4. The highest BCUT2D eigenvalue weighted by Crippen LogP contribution is 2.56. The van der Waals surface area contributed by atoms with Gasteiger partial charge >= 0.3 is 7.82 Å². The molecule has 2 heterocycles. The third kappa shape index (κ3) is 4.98. The minimum atomic E-state index is -4.65. The van der Waals surface area contributed by atoms with Gasteiger partial charge in [-0.05, 0) is 47.5 Å². The standard InChI is InChI=1S/C28H17Cl2O4PS2/c29-21-11-5-7-17-15-23(19-9-1-3-13-25(19)36-27(17)21)33-35(31,32)34-24-16-18-8-6-12-22(30)28(18)37-26-14-4-2-10-20(24)26/h1-16H,(H,31,32). The highest BCUT2D eigenvalue weighted by molar-refractivity contribution is 8.00. The molecule has 4 aromatic carbocycles. The first-order chi connectivity index (χ1) is 17.9. The van der Waals surface area contributed by atoms with Crippen molar-refractivity contribution < 1.29 is 18.5 Å². The summed E-state index contributed by atoms with van der Waals surface area (Å²) in [5, 5.41) is 1.18. The Hall–Kier alpha value is -2.57. The smallest absolute Gasteiger partial charge is 0.394 e. The van der Waals surface area contributed by atoms with Gasteiger partial charge in [-0.2, -0.15) is 0 Å². The minimum Gasteiger partial charge on any atom is -0.394 e. The molecule has 2 aliphatic heterocycles. The van der Waals surface area contributed by atoms with Gasteiger partial charge in [-0.25, -0.2) is 4.57 Å². The SMILES string of the molecule is O=P(O)(OC1=Cc2cccc(Cl)c2Sc2ccccc21)OC1=Cc2cccc(Cl)c2Sc2ccccc21. The molecule has 0 saturated carbocycles. The van der Waals surface area contributed by atoms with Crippen LogP contribution in [0.3, 0.4) is 0 Å². The van der Waals surface area contributed by atoms with Crippen LogP contribution in [-0.4, -0.2) is 4.89 Å². The Morgan fingerprint density at radius 1 is 0.622 bits per heavy atom. The Balaban J connectivity index is 1.41. The highest BCUT2D eigenvalue weighted by Gasteiger charge is 2.32. The molecular weight excluding hydrogens is 566 g/mol. The van der Waals surface area contributed by atoms with Crippen molar-refractivity contribution in [2.75, 3.05) is 0 Å². The van der Waals surface area contributed by atoms with Gasteiger partial charge in [-0.3, -0.25) is 4.89 Å². The Morgan fingerprint density at radius 2 is 1.05 bits per heavy atom. The van der Waals surface area contributed by atoms with E-state index in [4.69, 9.17) is 32.2 Å². The molecular formula is C28H17Cl2O4PS2. The van der Waals surface area contributed by atoms with E-state index < -0.39 is 7.82 Å². The summed E-state index contributed by atoms with van der Waals surface area (Å²) in [6.07, 6.45) is 3.43. The maximum absolute atomic E-state index is 13.5. The fourth-order valence-electron chi connectivity index (χ4n) is 4.09. The molecule has 0 unspecified atom stereocenters. The molecule has 2 aliphatic rings. The van der Waals surface area contributed by atoms with E-state index in [2.05, 4.69) is 0 Å². The molecule has 0 bridgehead atoms. The summed E-state index contributed by atoms with van der Waals surface area (Å²) in [6.45, 7) is 0. The normalized spacial score (nSPS) is 14.0. The van der Waals surface area contributed by atoms with Gasteiger partial charge in [0.2, 0.25) is 0 Å². The fourth-order valence-corrected chi connectivity index (χ4v) is 7.63. The van der Waals surface area contributed by atoms with E-state index in [1.807, 2.05) is 84.9 Å². The highest BCUT2D eigenvalue weighted by atomic mass is 35.5. The Bertz CT molecular complexity index is 1550. The van der Waals surface area contributed by atoms with Gasteiger partial charge in [0, 0.05) is 30.7 Å². The van der Waals surface area contributed by atoms with Crippen molar-refractivity contribution in [1.82, 2.24) is 0 Å². The lowest BCUT2D eigenvalue weighted by Gasteiger charge is -2.19. The number of fused-ring (bicyclic) bond motifs is 4. The Labute approximate surface area is 232 Å². The number of phosphoric acid groups is 1. The zero-order valence-electron chi connectivity index (χ0n) is 18.9. The number of phosphoric ester groups is 1. The topological polar surface area (TPSA) is 55.8 Å². The van der Waals surface area contributed by atoms with Crippen LogP contribution in [0.5, 0.6) is 0 Å². The van der Waals surface area contributed by atoms with Crippen LogP contribution in [0.15, 0.2) is 105 Å². The third-order valence-electron chi connectivity index (χ3n) is 5.72. The second kappa shape index (κ2) is 9.95. The second-order valence-corrected chi connectivity index (χ2v) is 12.4. The van der Waals surface area contributed by atoms with Crippen molar-refractivity contribution in [3.63, 3.8) is 0 Å². The Morgan fingerprint density at radius 3 is 1.51 bits per heavy atom. The maximum atomic E-state index is 13.5. The van der Waals surface area contributed by atoms with Gasteiger partial charge in [-0.15, -0.1) is 0 Å². The van der Waals surface area contributed by atoms with Crippen molar-refractivity contribution in [1.29, 1.82) is 0 Å². The van der Waals surface area contributed by atoms with E-state index in [0.29, 0.717) is 21.2 Å². The largest absolute Gasteiger partial charge is 0.584 e. The van der Waals surface area contributed by atoms with E-state index >= 15 is 0 Å². The van der Waals surface area contributed by atoms with Crippen LogP contribution in [0.25, 0.3) is 23.7 Å². The predicted molar refractivity (Wildman–Crippen MR) is 152 cm³/mol. The molecule has 6 rings (SSSR count). The van der Waals surface area contributed by atoms with Crippen LogP contribution in [0.4, 0.5) is 0 Å². The quantitative estimate of drug-likeness (QED) is 0.242. The average molecular weight is 583 g/mol. The molecule has 0 saturated heterocycles. The molecule has 0 radical (unpaired) electrons. The monoisotopic (exact) mass is 582 g/mol. The first-order valence-electron chi connectivity index (χ1n) is 11.1. The molecule has 4 aromatic rings. The van der Waals surface area contributed by atoms with Crippen LogP contribution in [0.1, 0.15) is 22.3 Å². The van der Waals surface area contributed by atoms with Crippen molar-refractivity contribution in [2.24, 2.45) is 0 Å². The van der Waals surface area contributed by atoms with Crippen LogP contribution < -0.4 is 0 Å². The number of rotatable bonds is 4. The molecule has 0 aliphatic carbocycles. The van der Waals surface area contributed by atoms with Crippen LogP contribution in [0, 0.1) is 0 Å². The molecule has 0 atom stereocenters.